The molecule has 1 N–H and O–H groups in total. The second-order valence-corrected chi connectivity index (χ2v) is 9.07. The first-order valence-electron chi connectivity index (χ1n) is 10.9. The molecule has 2 aromatic carbocycles. The Morgan fingerprint density at radius 1 is 1.12 bits per heavy atom. The lowest BCUT2D eigenvalue weighted by atomic mass is 10.1. The van der Waals surface area contributed by atoms with Crippen LogP contribution < -0.4 is 5.32 Å². The van der Waals surface area contributed by atoms with Crippen molar-refractivity contribution < 1.29 is 9.21 Å². The molecule has 0 bridgehead atoms. The van der Waals surface area contributed by atoms with E-state index in [1.54, 1.807) is 12.1 Å². The predicted octanol–water partition coefficient (Wildman–Crippen LogP) is 3.57. The number of carbonyl (C=O) groups excluding carboxylic acids is 1. The van der Waals surface area contributed by atoms with Gasteiger partial charge >= 0.3 is 0 Å². The molecule has 0 spiro atoms. The molecule has 8 heteroatoms. The maximum absolute atomic E-state index is 12.6. The molecule has 32 heavy (non-hydrogen) atoms. The van der Waals surface area contributed by atoms with Gasteiger partial charge in [-0.3, -0.25) is 14.6 Å². The molecule has 1 saturated heterocycles. The lowest BCUT2D eigenvalue weighted by Gasteiger charge is -2.34. The summed E-state index contributed by atoms with van der Waals surface area (Å²) in [6.07, 6.45) is 0. The van der Waals surface area contributed by atoms with Crippen molar-refractivity contribution in [3.8, 4) is 11.5 Å². The van der Waals surface area contributed by atoms with Gasteiger partial charge in [-0.2, -0.15) is 0 Å². The van der Waals surface area contributed by atoms with E-state index in [1.807, 2.05) is 31.2 Å². The van der Waals surface area contributed by atoms with E-state index in [0.717, 1.165) is 61.6 Å². The highest BCUT2D eigenvalue weighted by atomic mass is 35.5. The average Bonchev–Trinajstić information content (AvgIpc) is 3.18. The number of rotatable bonds is 7. The number of aromatic nitrogens is 1. The highest BCUT2D eigenvalue weighted by molar-refractivity contribution is 6.31. The van der Waals surface area contributed by atoms with Crippen LogP contribution >= 0.6 is 11.6 Å². The summed E-state index contributed by atoms with van der Waals surface area (Å²) in [6, 6.07) is 11.2. The van der Waals surface area contributed by atoms with Crippen molar-refractivity contribution in [3.05, 3.63) is 47.0 Å². The normalized spacial score (nSPS) is 15.5. The third-order valence-electron chi connectivity index (χ3n) is 5.79. The number of piperazine rings is 1. The van der Waals surface area contributed by atoms with Crippen molar-refractivity contribution in [3.63, 3.8) is 0 Å². The fourth-order valence-electron chi connectivity index (χ4n) is 3.87. The molecule has 0 saturated carbocycles. The van der Waals surface area contributed by atoms with Crippen LogP contribution in [0, 0.1) is 6.92 Å². The quantitative estimate of drug-likeness (QED) is 0.587. The summed E-state index contributed by atoms with van der Waals surface area (Å²) in [5.41, 5.74) is 4.06. The second-order valence-electron chi connectivity index (χ2n) is 8.63. The van der Waals surface area contributed by atoms with Gasteiger partial charge in [0.25, 0.3) is 0 Å². The molecule has 1 aliphatic rings. The number of benzene rings is 2. The van der Waals surface area contributed by atoms with Crippen LogP contribution in [0.4, 0.5) is 5.69 Å². The van der Waals surface area contributed by atoms with Crippen molar-refractivity contribution in [1.29, 1.82) is 0 Å². The van der Waals surface area contributed by atoms with Gasteiger partial charge in [-0.1, -0.05) is 11.6 Å². The summed E-state index contributed by atoms with van der Waals surface area (Å²) >= 11 is 6.04. The van der Waals surface area contributed by atoms with E-state index >= 15 is 0 Å². The first-order valence-corrected chi connectivity index (χ1v) is 11.3. The van der Waals surface area contributed by atoms with E-state index in [2.05, 4.69) is 39.1 Å². The second kappa shape index (κ2) is 10.0. The minimum atomic E-state index is 0.0131. The number of fused-ring (bicyclic) bond motifs is 1. The summed E-state index contributed by atoms with van der Waals surface area (Å²) in [5.74, 6) is 0.550. The number of halogens is 1. The van der Waals surface area contributed by atoms with Crippen molar-refractivity contribution in [2.24, 2.45) is 0 Å². The third kappa shape index (κ3) is 5.66. The van der Waals surface area contributed by atoms with Crippen molar-refractivity contribution >= 4 is 34.3 Å². The minimum absolute atomic E-state index is 0.0131. The zero-order valence-electron chi connectivity index (χ0n) is 18.9. The first kappa shape index (κ1) is 22.7. The average molecular weight is 456 g/mol. The van der Waals surface area contributed by atoms with E-state index < -0.39 is 0 Å². The number of oxazole rings is 1. The molecule has 1 aliphatic heterocycles. The molecule has 4 rings (SSSR count). The standard InChI is InChI=1S/C24H30ClN5O2/c1-17-14-18(24-27-21-15-19(25)5-7-22(21)32-24)4-6-20(17)26-23(31)16-30-12-10-29(11-13-30)9-8-28(2)3/h4-7,14-15H,8-13,16H2,1-3H3,(H,26,31). The molecule has 1 amide bonds. The molecule has 0 unspecified atom stereocenters. The molecule has 7 nitrogen and oxygen atoms in total. The van der Waals surface area contributed by atoms with Gasteiger partial charge in [0.05, 0.1) is 6.54 Å². The fourth-order valence-corrected chi connectivity index (χ4v) is 4.03. The number of nitrogens with zero attached hydrogens (tertiary/aromatic N) is 4. The van der Waals surface area contributed by atoms with Crippen LogP contribution in [-0.2, 0) is 4.79 Å². The van der Waals surface area contributed by atoms with Crippen LogP contribution in [0.2, 0.25) is 5.02 Å². The number of amides is 1. The smallest absolute Gasteiger partial charge is 0.238 e. The van der Waals surface area contributed by atoms with Crippen LogP contribution in [0.5, 0.6) is 0 Å². The van der Waals surface area contributed by atoms with Gasteiger partial charge in [-0.15, -0.1) is 0 Å². The number of nitrogens with one attached hydrogen (secondary N) is 1. The number of hydrogen-bond acceptors (Lipinski definition) is 6. The summed E-state index contributed by atoms with van der Waals surface area (Å²) in [4.78, 5) is 24.0. The van der Waals surface area contributed by atoms with Gasteiger partial charge < -0.3 is 14.6 Å². The van der Waals surface area contributed by atoms with Crippen molar-refractivity contribution in [1.82, 2.24) is 19.7 Å². The van der Waals surface area contributed by atoms with Crippen molar-refractivity contribution in [2.75, 3.05) is 65.2 Å². The Morgan fingerprint density at radius 2 is 1.88 bits per heavy atom. The number of aryl methyl sites for hydroxylation is 1. The van der Waals surface area contributed by atoms with E-state index in [1.165, 1.54) is 0 Å². The van der Waals surface area contributed by atoms with Gasteiger partial charge in [-0.05, 0) is 63.0 Å². The Hall–Kier alpha value is -2.45. The Balaban J connectivity index is 1.33. The summed E-state index contributed by atoms with van der Waals surface area (Å²) < 4.78 is 5.85. The zero-order valence-corrected chi connectivity index (χ0v) is 19.7. The maximum atomic E-state index is 12.6. The van der Waals surface area contributed by atoms with Gasteiger partial charge in [-0.25, -0.2) is 4.98 Å². The minimum Gasteiger partial charge on any atom is -0.436 e. The highest BCUT2D eigenvalue weighted by Crippen LogP contribution is 2.28. The molecule has 0 aliphatic carbocycles. The SMILES string of the molecule is Cc1cc(-c2nc3cc(Cl)ccc3o2)ccc1NC(=O)CN1CCN(CCN(C)C)CC1. The number of likely N-dealkylation sites (N-methyl/N-ethyl adjacent to an activating group) is 1. The fraction of sp³-hybridized carbons (Fsp3) is 0.417. The molecule has 1 fully saturated rings. The molecule has 0 radical (unpaired) electrons. The lowest BCUT2D eigenvalue weighted by Crippen LogP contribution is -2.49. The third-order valence-corrected chi connectivity index (χ3v) is 6.03. The largest absolute Gasteiger partial charge is 0.436 e. The van der Waals surface area contributed by atoms with Gasteiger partial charge in [0.15, 0.2) is 5.58 Å². The highest BCUT2D eigenvalue weighted by Gasteiger charge is 2.19. The van der Waals surface area contributed by atoms with Crippen LogP contribution in [0.25, 0.3) is 22.6 Å². The molecular formula is C24H30ClN5O2. The molecule has 1 aromatic heterocycles. The van der Waals surface area contributed by atoms with E-state index in [4.69, 9.17) is 16.0 Å². The Labute approximate surface area is 193 Å². The number of carbonyl (C=O) groups is 1. The summed E-state index contributed by atoms with van der Waals surface area (Å²) in [6.45, 7) is 8.37. The topological polar surface area (TPSA) is 64.9 Å². The van der Waals surface area contributed by atoms with Crippen LogP contribution in [0.1, 0.15) is 5.56 Å². The van der Waals surface area contributed by atoms with Crippen LogP contribution in [-0.4, -0.2) is 85.5 Å². The predicted molar refractivity (Wildman–Crippen MR) is 129 cm³/mol. The zero-order chi connectivity index (χ0) is 22.7. The van der Waals surface area contributed by atoms with Gasteiger partial charge in [0.1, 0.15) is 5.52 Å². The van der Waals surface area contributed by atoms with Crippen LogP contribution in [0.3, 0.4) is 0 Å². The maximum Gasteiger partial charge on any atom is 0.238 e. The first-order chi connectivity index (χ1) is 15.4. The van der Waals surface area contributed by atoms with E-state index in [9.17, 15) is 4.79 Å². The lowest BCUT2D eigenvalue weighted by molar-refractivity contribution is -0.117. The molecular weight excluding hydrogens is 426 g/mol. The molecule has 170 valence electrons. The van der Waals surface area contributed by atoms with E-state index in [-0.39, 0.29) is 5.91 Å². The molecule has 0 atom stereocenters. The monoisotopic (exact) mass is 455 g/mol. The number of hydrogen-bond donors (Lipinski definition) is 1. The van der Waals surface area contributed by atoms with Gasteiger partial charge in [0.2, 0.25) is 11.8 Å². The van der Waals surface area contributed by atoms with E-state index in [0.29, 0.717) is 23.0 Å². The van der Waals surface area contributed by atoms with Crippen molar-refractivity contribution in [2.45, 2.75) is 6.92 Å². The Bertz CT molecular complexity index is 1090. The Morgan fingerprint density at radius 3 is 2.59 bits per heavy atom. The van der Waals surface area contributed by atoms with Gasteiger partial charge in [0, 0.05) is 55.5 Å². The number of anilines is 1. The summed E-state index contributed by atoms with van der Waals surface area (Å²) in [7, 11) is 4.19. The summed E-state index contributed by atoms with van der Waals surface area (Å²) in [5, 5.41) is 3.68. The Kier molecular flexibility index (Phi) is 7.10. The molecule has 2 heterocycles. The molecule has 3 aromatic rings. The van der Waals surface area contributed by atoms with Crippen LogP contribution in [0.15, 0.2) is 40.8 Å².